The highest BCUT2D eigenvalue weighted by molar-refractivity contribution is 6.30. The summed E-state index contributed by atoms with van der Waals surface area (Å²) in [5, 5.41) is 5.92. The summed E-state index contributed by atoms with van der Waals surface area (Å²) in [6.45, 7) is 3.22. The Labute approximate surface area is 173 Å². The molecule has 156 valence electrons. The Morgan fingerprint density at radius 3 is 2.66 bits per heavy atom. The monoisotopic (exact) mass is 421 g/mol. The number of rotatable bonds is 6. The third-order valence-electron chi connectivity index (χ3n) is 5.05. The Morgan fingerprint density at radius 1 is 1.21 bits per heavy atom. The molecule has 0 aliphatic carbocycles. The van der Waals surface area contributed by atoms with Crippen molar-refractivity contribution in [1.29, 1.82) is 0 Å². The van der Waals surface area contributed by atoms with E-state index < -0.39 is 6.04 Å². The van der Waals surface area contributed by atoms with Crippen LogP contribution in [0.2, 0.25) is 5.02 Å². The molecule has 2 saturated heterocycles. The van der Waals surface area contributed by atoms with E-state index >= 15 is 0 Å². The molecule has 4 amide bonds. The molecule has 2 fully saturated rings. The molecule has 0 saturated carbocycles. The van der Waals surface area contributed by atoms with Crippen LogP contribution >= 0.6 is 11.6 Å². The fourth-order valence-electron chi connectivity index (χ4n) is 3.48. The molecule has 0 radical (unpaired) electrons. The molecule has 2 N–H and O–H groups in total. The molecule has 1 atom stereocenters. The third kappa shape index (κ3) is 5.68. The minimum Gasteiger partial charge on any atom is -0.353 e. The number of carbonyl (C=O) groups is 4. The predicted octanol–water partition coefficient (Wildman–Crippen LogP) is -0.230. The van der Waals surface area contributed by atoms with Crippen molar-refractivity contribution in [2.45, 2.75) is 12.5 Å². The molecule has 0 bridgehead atoms. The van der Waals surface area contributed by atoms with E-state index in [0.717, 1.165) is 6.41 Å². The van der Waals surface area contributed by atoms with Gasteiger partial charge in [-0.3, -0.25) is 24.1 Å². The van der Waals surface area contributed by atoms with Crippen molar-refractivity contribution in [3.63, 3.8) is 0 Å². The molecule has 9 nitrogen and oxygen atoms in total. The minimum atomic E-state index is -0.855. The highest BCUT2D eigenvalue weighted by Gasteiger charge is 2.35. The predicted molar refractivity (Wildman–Crippen MR) is 107 cm³/mol. The first kappa shape index (κ1) is 21.1. The maximum absolute atomic E-state index is 12.8. The van der Waals surface area contributed by atoms with Gasteiger partial charge >= 0.3 is 0 Å². The molecular weight excluding hydrogens is 398 g/mol. The topological polar surface area (TPSA) is 102 Å². The zero-order valence-electron chi connectivity index (χ0n) is 16.0. The number of nitrogens with one attached hydrogen (secondary N) is 2. The van der Waals surface area contributed by atoms with Crippen LogP contribution in [0.15, 0.2) is 24.3 Å². The largest absolute Gasteiger partial charge is 0.353 e. The zero-order valence-corrected chi connectivity index (χ0v) is 16.7. The second kappa shape index (κ2) is 9.71. The quantitative estimate of drug-likeness (QED) is 0.618. The molecule has 0 spiro atoms. The third-order valence-corrected chi connectivity index (χ3v) is 5.29. The second-order valence-corrected chi connectivity index (χ2v) is 7.51. The Bertz CT molecular complexity index is 782. The summed E-state index contributed by atoms with van der Waals surface area (Å²) < 4.78 is 0. The number of piperazine rings is 2. The lowest BCUT2D eigenvalue weighted by atomic mass is 10.1. The number of amides is 4. The number of nitrogens with zero attached hydrogens (tertiary/aromatic N) is 3. The van der Waals surface area contributed by atoms with Gasteiger partial charge in [-0.05, 0) is 18.2 Å². The van der Waals surface area contributed by atoms with Crippen LogP contribution in [0.4, 0.5) is 5.69 Å². The van der Waals surface area contributed by atoms with Crippen molar-refractivity contribution >= 4 is 41.4 Å². The van der Waals surface area contributed by atoms with Gasteiger partial charge in [-0.1, -0.05) is 17.7 Å². The molecule has 2 aliphatic heterocycles. The van der Waals surface area contributed by atoms with Gasteiger partial charge in [0.1, 0.15) is 6.04 Å². The molecule has 10 heteroatoms. The average Bonchev–Trinajstić information content (AvgIpc) is 2.70. The van der Waals surface area contributed by atoms with Gasteiger partial charge in [0.05, 0.1) is 13.0 Å². The molecule has 1 aromatic carbocycles. The highest BCUT2D eigenvalue weighted by atomic mass is 35.5. The van der Waals surface area contributed by atoms with Crippen molar-refractivity contribution in [2.24, 2.45) is 0 Å². The highest BCUT2D eigenvalue weighted by Crippen LogP contribution is 2.17. The van der Waals surface area contributed by atoms with Crippen LogP contribution in [0.3, 0.4) is 0 Å². The summed E-state index contributed by atoms with van der Waals surface area (Å²) >= 11 is 5.92. The van der Waals surface area contributed by atoms with Crippen LogP contribution in [-0.4, -0.2) is 90.7 Å². The Hall–Kier alpha value is -2.65. The number of carbonyl (C=O) groups excluding carboxylic acids is 4. The van der Waals surface area contributed by atoms with Gasteiger partial charge in [-0.15, -0.1) is 0 Å². The SMILES string of the molecule is O=CN1CCN(CC(=O)N2CCNC(=O)[C@H]2CC(=O)Nc2cccc(Cl)c2)CC1. The number of hydrogen-bond acceptors (Lipinski definition) is 5. The van der Waals surface area contributed by atoms with Gasteiger partial charge in [-0.25, -0.2) is 0 Å². The van der Waals surface area contributed by atoms with Gasteiger partial charge in [0.2, 0.25) is 24.1 Å². The second-order valence-electron chi connectivity index (χ2n) is 7.07. The maximum atomic E-state index is 12.8. The van der Waals surface area contributed by atoms with E-state index in [0.29, 0.717) is 50.0 Å². The molecule has 0 aromatic heterocycles. The lowest BCUT2D eigenvalue weighted by Gasteiger charge is -2.37. The number of halogens is 1. The van der Waals surface area contributed by atoms with Crippen molar-refractivity contribution < 1.29 is 19.2 Å². The van der Waals surface area contributed by atoms with Crippen LogP contribution in [0, 0.1) is 0 Å². The first-order chi connectivity index (χ1) is 14.0. The van der Waals surface area contributed by atoms with Crippen LogP contribution in [0.5, 0.6) is 0 Å². The Morgan fingerprint density at radius 2 is 1.97 bits per heavy atom. The van der Waals surface area contributed by atoms with E-state index in [9.17, 15) is 19.2 Å². The number of benzene rings is 1. The Balaban J connectivity index is 1.59. The van der Waals surface area contributed by atoms with Crippen LogP contribution in [0.1, 0.15) is 6.42 Å². The minimum absolute atomic E-state index is 0.136. The summed E-state index contributed by atoms with van der Waals surface area (Å²) in [6, 6.07) is 5.87. The van der Waals surface area contributed by atoms with Gasteiger partial charge in [-0.2, -0.15) is 0 Å². The fourth-order valence-corrected chi connectivity index (χ4v) is 3.67. The standard InChI is InChI=1S/C19H24ClN5O4/c20-14-2-1-3-15(10-14)22-17(27)11-16-19(29)21-4-5-25(16)18(28)12-23-6-8-24(13-26)9-7-23/h1-3,10,13,16H,4-9,11-12H2,(H,21,29)(H,22,27)/t16-/m1/s1. The number of hydrogen-bond donors (Lipinski definition) is 2. The summed E-state index contributed by atoms with van der Waals surface area (Å²) in [5.74, 6) is -0.900. The van der Waals surface area contributed by atoms with E-state index in [-0.39, 0.29) is 30.7 Å². The van der Waals surface area contributed by atoms with Crippen molar-refractivity contribution in [2.75, 3.05) is 51.1 Å². The molecule has 1 aromatic rings. The lowest BCUT2D eigenvalue weighted by molar-refractivity contribution is -0.145. The Kier molecular flexibility index (Phi) is 7.05. The first-order valence-corrected chi connectivity index (χ1v) is 9.88. The van der Waals surface area contributed by atoms with Gasteiger partial charge in [0, 0.05) is 50.0 Å². The van der Waals surface area contributed by atoms with Crippen LogP contribution < -0.4 is 10.6 Å². The summed E-state index contributed by atoms with van der Waals surface area (Å²) in [5.41, 5.74) is 0.532. The maximum Gasteiger partial charge on any atom is 0.243 e. The van der Waals surface area contributed by atoms with E-state index in [1.165, 1.54) is 4.90 Å². The van der Waals surface area contributed by atoms with E-state index in [1.54, 1.807) is 29.2 Å². The molecule has 0 unspecified atom stereocenters. The lowest BCUT2D eigenvalue weighted by Crippen LogP contribution is -2.60. The van der Waals surface area contributed by atoms with Gasteiger partial charge in [0.15, 0.2) is 0 Å². The zero-order chi connectivity index (χ0) is 20.8. The first-order valence-electron chi connectivity index (χ1n) is 9.50. The number of anilines is 1. The molecule has 2 aliphatic rings. The molecule has 29 heavy (non-hydrogen) atoms. The summed E-state index contributed by atoms with van der Waals surface area (Å²) in [7, 11) is 0. The van der Waals surface area contributed by atoms with E-state index in [2.05, 4.69) is 10.6 Å². The summed E-state index contributed by atoms with van der Waals surface area (Å²) in [6.07, 6.45) is 0.672. The fraction of sp³-hybridized carbons (Fsp3) is 0.474. The van der Waals surface area contributed by atoms with Crippen molar-refractivity contribution in [3.8, 4) is 0 Å². The van der Waals surface area contributed by atoms with Gasteiger partial charge in [0.25, 0.3) is 0 Å². The summed E-state index contributed by atoms with van der Waals surface area (Å²) in [4.78, 5) is 53.5. The molecule has 2 heterocycles. The molecule has 3 rings (SSSR count). The normalized spacial score (nSPS) is 20.2. The van der Waals surface area contributed by atoms with Crippen LogP contribution in [0.25, 0.3) is 0 Å². The average molecular weight is 422 g/mol. The van der Waals surface area contributed by atoms with E-state index in [1.807, 2.05) is 4.90 Å². The van der Waals surface area contributed by atoms with Crippen LogP contribution in [-0.2, 0) is 19.2 Å². The van der Waals surface area contributed by atoms with Crippen molar-refractivity contribution in [1.82, 2.24) is 20.0 Å². The smallest absolute Gasteiger partial charge is 0.243 e. The van der Waals surface area contributed by atoms with E-state index in [4.69, 9.17) is 11.6 Å². The van der Waals surface area contributed by atoms with Gasteiger partial charge < -0.3 is 20.4 Å². The van der Waals surface area contributed by atoms with Crippen molar-refractivity contribution in [3.05, 3.63) is 29.3 Å². The molecular formula is C19H24ClN5O4.